The van der Waals surface area contributed by atoms with E-state index in [-0.39, 0.29) is 16.8 Å². The Morgan fingerprint density at radius 2 is 2.23 bits per heavy atom. The number of carbonyl (C=O) groups is 1. The van der Waals surface area contributed by atoms with Crippen molar-refractivity contribution < 1.29 is 13.7 Å². The Morgan fingerprint density at radius 3 is 3.00 bits per heavy atom. The molecule has 2 aliphatic heterocycles. The largest absolute Gasteiger partial charge is 0.487 e. The summed E-state index contributed by atoms with van der Waals surface area (Å²) in [7, 11) is -1.38. The molecule has 31 heavy (non-hydrogen) atoms. The first kappa shape index (κ1) is 20.0. The number of nitrogens with zero attached hydrogens (tertiary/aromatic N) is 4. The minimum Gasteiger partial charge on any atom is -0.487 e. The Bertz CT molecular complexity index is 1210. The Labute approximate surface area is 182 Å². The summed E-state index contributed by atoms with van der Waals surface area (Å²) < 4.78 is 19.5. The maximum absolute atomic E-state index is 13.1. The van der Waals surface area contributed by atoms with Crippen LogP contribution in [0.2, 0.25) is 0 Å². The van der Waals surface area contributed by atoms with Crippen LogP contribution in [-0.4, -0.2) is 48.7 Å². The second kappa shape index (κ2) is 7.31. The first-order valence-electron chi connectivity index (χ1n) is 10.2. The molecule has 1 saturated heterocycles. The summed E-state index contributed by atoms with van der Waals surface area (Å²) in [5.41, 5.74) is 3.14. The lowest BCUT2D eigenvalue weighted by molar-refractivity contribution is 0.102. The van der Waals surface area contributed by atoms with E-state index in [1.54, 1.807) is 23.0 Å². The SMILES string of the molecule is CC1(C)Cc2cc(NC(=O)c3cnn4cccnc34)c(N3CCC(S(N)=O)C3)cc2O1. The van der Waals surface area contributed by atoms with Gasteiger partial charge in [0.1, 0.15) is 16.9 Å². The Hall–Kier alpha value is -2.98. The van der Waals surface area contributed by atoms with Gasteiger partial charge in [-0.3, -0.25) is 9.93 Å². The summed E-state index contributed by atoms with van der Waals surface area (Å²) in [6, 6.07) is 5.70. The zero-order chi connectivity index (χ0) is 21.8. The zero-order valence-electron chi connectivity index (χ0n) is 17.4. The highest BCUT2D eigenvalue weighted by Crippen LogP contribution is 2.42. The average molecular weight is 441 g/mol. The predicted octanol–water partition coefficient (Wildman–Crippen LogP) is 1.90. The van der Waals surface area contributed by atoms with Gasteiger partial charge in [0.05, 0.1) is 33.8 Å². The monoisotopic (exact) mass is 440 g/mol. The van der Waals surface area contributed by atoms with E-state index >= 15 is 0 Å². The maximum atomic E-state index is 13.1. The van der Waals surface area contributed by atoms with Crippen molar-refractivity contribution in [2.24, 2.45) is 5.14 Å². The molecule has 0 saturated carbocycles. The Balaban J connectivity index is 1.51. The molecule has 162 valence electrons. The van der Waals surface area contributed by atoms with Crippen LogP contribution in [-0.2, 0) is 17.4 Å². The highest BCUT2D eigenvalue weighted by molar-refractivity contribution is 7.83. The van der Waals surface area contributed by atoms with E-state index in [9.17, 15) is 9.00 Å². The summed E-state index contributed by atoms with van der Waals surface area (Å²) in [6.07, 6.45) is 6.37. The second-order valence-electron chi connectivity index (χ2n) is 8.60. The molecule has 1 aromatic carbocycles. The van der Waals surface area contributed by atoms with Gasteiger partial charge in [-0.2, -0.15) is 5.10 Å². The van der Waals surface area contributed by atoms with Gasteiger partial charge in [0.25, 0.3) is 5.91 Å². The number of anilines is 2. The molecule has 3 N–H and O–H groups in total. The van der Waals surface area contributed by atoms with Crippen LogP contribution < -0.4 is 20.1 Å². The van der Waals surface area contributed by atoms with E-state index in [0.29, 0.717) is 30.0 Å². The molecule has 2 aliphatic rings. The molecule has 0 spiro atoms. The molecule has 1 amide bonds. The maximum Gasteiger partial charge on any atom is 0.261 e. The fraction of sp³-hybridized carbons (Fsp3) is 0.381. The highest BCUT2D eigenvalue weighted by atomic mass is 32.2. The van der Waals surface area contributed by atoms with Crippen LogP contribution in [0, 0.1) is 0 Å². The van der Waals surface area contributed by atoms with Crippen LogP contribution >= 0.6 is 0 Å². The average Bonchev–Trinajstić information content (AvgIpc) is 3.42. The van der Waals surface area contributed by atoms with Gasteiger partial charge in [-0.1, -0.05) is 0 Å². The summed E-state index contributed by atoms with van der Waals surface area (Å²) >= 11 is 0. The lowest BCUT2D eigenvalue weighted by atomic mass is 10.0. The van der Waals surface area contributed by atoms with Gasteiger partial charge in [0.2, 0.25) is 0 Å². The molecular weight excluding hydrogens is 416 g/mol. The number of nitrogens with two attached hydrogens (primary N) is 1. The molecule has 10 heteroatoms. The number of aromatic nitrogens is 3. The number of rotatable bonds is 4. The minimum atomic E-state index is -1.38. The Morgan fingerprint density at radius 1 is 1.39 bits per heavy atom. The predicted molar refractivity (Wildman–Crippen MR) is 119 cm³/mol. The summed E-state index contributed by atoms with van der Waals surface area (Å²) in [4.78, 5) is 19.5. The van der Waals surface area contributed by atoms with Crippen LogP contribution in [0.3, 0.4) is 0 Å². The van der Waals surface area contributed by atoms with Crippen molar-refractivity contribution in [3.05, 3.63) is 47.9 Å². The van der Waals surface area contributed by atoms with E-state index < -0.39 is 11.0 Å². The van der Waals surface area contributed by atoms with Gasteiger partial charge in [0, 0.05) is 43.5 Å². The number of ether oxygens (including phenoxy) is 1. The van der Waals surface area contributed by atoms with Gasteiger partial charge in [-0.15, -0.1) is 0 Å². The van der Waals surface area contributed by atoms with E-state index in [1.165, 1.54) is 6.20 Å². The van der Waals surface area contributed by atoms with Crippen molar-refractivity contribution in [1.29, 1.82) is 0 Å². The van der Waals surface area contributed by atoms with E-state index in [4.69, 9.17) is 9.88 Å². The minimum absolute atomic E-state index is 0.0991. The van der Waals surface area contributed by atoms with Gasteiger partial charge in [0.15, 0.2) is 5.65 Å². The van der Waals surface area contributed by atoms with Gasteiger partial charge in [-0.25, -0.2) is 13.7 Å². The number of hydrogen-bond donors (Lipinski definition) is 2. The molecule has 0 bridgehead atoms. The molecule has 3 aromatic rings. The molecule has 1 fully saturated rings. The van der Waals surface area contributed by atoms with Crippen molar-refractivity contribution in [3.63, 3.8) is 0 Å². The molecule has 2 atom stereocenters. The number of fused-ring (bicyclic) bond motifs is 2. The quantitative estimate of drug-likeness (QED) is 0.640. The van der Waals surface area contributed by atoms with Crippen LogP contribution in [0.25, 0.3) is 5.65 Å². The third kappa shape index (κ3) is 3.66. The summed E-state index contributed by atoms with van der Waals surface area (Å²) in [6.45, 7) is 5.35. The number of hydrogen-bond acceptors (Lipinski definition) is 6. The number of amides is 1. The second-order valence-corrected chi connectivity index (χ2v) is 9.92. The molecule has 4 heterocycles. The van der Waals surface area contributed by atoms with Gasteiger partial charge < -0.3 is 15.0 Å². The zero-order valence-corrected chi connectivity index (χ0v) is 18.2. The number of benzene rings is 1. The topological polar surface area (TPSA) is 115 Å². The molecule has 0 radical (unpaired) electrons. The highest BCUT2D eigenvalue weighted by Gasteiger charge is 2.34. The fourth-order valence-electron chi connectivity index (χ4n) is 4.31. The van der Waals surface area contributed by atoms with Crippen molar-refractivity contribution in [1.82, 2.24) is 14.6 Å². The van der Waals surface area contributed by atoms with Gasteiger partial charge in [-0.05, 0) is 32.4 Å². The molecule has 5 rings (SSSR count). The normalized spacial score (nSPS) is 20.5. The van der Waals surface area contributed by atoms with Crippen molar-refractivity contribution in [2.45, 2.75) is 37.5 Å². The number of carbonyl (C=O) groups excluding carboxylic acids is 1. The summed E-state index contributed by atoms with van der Waals surface area (Å²) in [5, 5.41) is 12.8. The molecule has 9 nitrogen and oxygen atoms in total. The van der Waals surface area contributed by atoms with Crippen molar-refractivity contribution >= 4 is 33.9 Å². The van der Waals surface area contributed by atoms with Crippen LogP contribution in [0.15, 0.2) is 36.8 Å². The molecule has 2 unspecified atom stereocenters. The molecular formula is C21H24N6O3S. The van der Waals surface area contributed by atoms with Crippen LogP contribution in [0.4, 0.5) is 11.4 Å². The third-order valence-corrected chi connectivity index (χ3v) is 6.81. The van der Waals surface area contributed by atoms with E-state index in [0.717, 1.165) is 29.8 Å². The van der Waals surface area contributed by atoms with Crippen LogP contribution in [0.5, 0.6) is 5.75 Å². The first-order valence-corrected chi connectivity index (χ1v) is 11.4. The Kier molecular flexibility index (Phi) is 4.71. The van der Waals surface area contributed by atoms with Crippen molar-refractivity contribution in [3.8, 4) is 5.75 Å². The summed E-state index contributed by atoms with van der Waals surface area (Å²) in [5.74, 6) is 0.527. The standard InChI is InChI=1S/C21H24N6O3S/c1-21(2)10-13-8-16(25-20(28)15-11-24-27-6-3-5-23-19(15)27)17(9-18(13)30-21)26-7-4-14(12-26)31(22)29/h3,5-6,8-9,11,14H,4,7,10,12,22H2,1-2H3,(H,25,28). The molecule has 0 aliphatic carbocycles. The van der Waals surface area contributed by atoms with E-state index in [2.05, 4.69) is 20.3 Å². The van der Waals surface area contributed by atoms with Crippen molar-refractivity contribution in [2.75, 3.05) is 23.3 Å². The van der Waals surface area contributed by atoms with E-state index in [1.807, 2.05) is 26.0 Å². The third-order valence-electron chi connectivity index (χ3n) is 5.77. The smallest absolute Gasteiger partial charge is 0.261 e. The van der Waals surface area contributed by atoms with Gasteiger partial charge >= 0.3 is 0 Å². The first-order chi connectivity index (χ1) is 14.8. The number of nitrogens with one attached hydrogen (secondary N) is 1. The molecule has 2 aromatic heterocycles. The lowest BCUT2D eigenvalue weighted by Crippen LogP contribution is -2.28. The fourth-order valence-corrected chi connectivity index (χ4v) is 4.98. The van der Waals surface area contributed by atoms with Crippen LogP contribution in [0.1, 0.15) is 36.2 Å². The lowest BCUT2D eigenvalue weighted by Gasteiger charge is -2.23.